The van der Waals surface area contributed by atoms with Gasteiger partial charge in [-0.25, -0.2) is 9.97 Å². The molecule has 0 radical (unpaired) electrons. The summed E-state index contributed by atoms with van der Waals surface area (Å²) in [4.78, 5) is 10.2. The largest absolute Gasteiger partial charge is 0.228 e. The molecule has 2 spiro atoms. The molecule has 0 fully saturated rings. The molecular weight excluding hydrogens is 749 g/mol. The highest BCUT2D eigenvalue weighted by Gasteiger charge is 2.58. The van der Waals surface area contributed by atoms with Crippen LogP contribution in [0.25, 0.3) is 67.3 Å². The lowest BCUT2D eigenvalue weighted by Gasteiger charge is -2.48. The highest BCUT2D eigenvalue weighted by Crippen LogP contribution is 2.67. The minimum atomic E-state index is -0.535. The molecule has 3 aliphatic rings. The first-order valence-corrected chi connectivity index (χ1v) is 21.5. The van der Waals surface area contributed by atoms with Crippen LogP contribution in [0.2, 0.25) is 0 Å². The number of aromatic nitrogens is 2. The van der Waals surface area contributed by atoms with Gasteiger partial charge in [0.2, 0.25) is 0 Å². The molecule has 10 aromatic rings. The third-order valence-electron chi connectivity index (χ3n) is 13.8. The van der Waals surface area contributed by atoms with E-state index in [1.54, 1.807) is 0 Å². The summed E-state index contributed by atoms with van der Waals surface area (Å²) < 4.78 is 0. The Labute approximate surface area is 361 Å². The first kappa shape index (κ1) is 34.9. The second-order valence-corrected chi connectivity index (χ2v) is 16.8. The van der Waals surface area contributed by atoms with Crippen LogP contribution < -0.4 is 0 Å². The van der Waals surface area contributed by atoms with E-state index < -0.39 is 10.8 Å². The predicted molar refractivity (Wildman–Crippen MR) is 252 cm³/mol. The molecule has 2 nitrogen and oxygen atoms in total. The van der Waals surface area contributed by atoms with E-state index in [-0.39, 0.29) is 0 Å². The fourth-order valence-corrected chi connectivity index (χ4v) is 11.3. The van der Waals surface area contributed by atoms with E-state index in [0.717, 1.165) is 33.6 Å². The molecule has 0 unspecified atom stereocenters. The van der Waals surface area contributed by atoms with Crippen molar-refractivity contribution in [1.82, 2.24) is 9.97 Å². The van der Waals surface area contributed by atoms with Crippen LogP contribution in [0.4, 0.5) is 0 Å². The minimum Gasteiger partial charge on any atom is -0.228 e. The first-order chi connectivity index (χ1) is 30.7. The normalized spacial score (nSPS) is 14.1. The third-order valence-corrected chi connectivity index (χ3v) is 13.8. The summed E-state index contributed by atoms with van der Waals surface area (Å²) in [6.07, 6.45) is 0. The summed E-state index contributed by atoms with van der Waals surface area (Å²) in [6.45, 7) is 0. The Balaban J connectivity index is 1.00. The molecule has 13 rings (SSSR count). The van der Waals surface area contributed by atoms with Crippen molar-refractivity contribution in [3.63, 3.8) is 0 Å². The Morgan fingerprint density at radius 1 is 0.226 bits per heavy atom. The fraction of sp³-hybridized carbons (Fsp3) is 0.0333. The van der Waals surface area contributed by atoms with Gasteiger partial charge in [-0.3, -0.25) is 0 Å². The zero-order valence-electron chi connectivity index (χ0n) is 33.8. The topological polar surface area (TPSA) is 25.8 Å². The molecule has 3 aliphatic carbocycles. The van der Waals surface area contributed by atoms with E-state index in [0.29, 0.717) is 5.82 Å². The van der Waals surface area contributed by atoms with Crippen molar-refractivity contribution in [2.24, 2.45) is 0 Å². The van der Waals surface area contributed by atoms with Crippen LogP contribution in [-0.4, -0.2) is 9.97 Å². The van der Waals surface area contributed by atoms with Crippen LogP contribution in [0.5, 0.6) is 0 Å². The van der Waals surface area contributed by atoms with Gasteiger partial charge < -0.3 is 0 Å². The van der Waals surface area contributed by atoms with Gasteiger partial charge in [-0.05, 0) is 90.0 Å². The third kappa shape index (κ3) is 4.69. The predicted octanol–water partition coefficient (Wildman–Crippen LogP) is 14.2. The van der Waals surface area contributed by atoms with E-state index >= 15 is 0 Å². The zero-order chi connectivity index (χ0) is 40.8. The Bertz CT molecular complexity index is 3250. The van der Waals surface area contributed by atoms with Crippen LogP contribution in [0.3, 0.4) is 0 Å². The first-order valence-electron chi connectivity index (χ1n) is 21.5. The molecular formula is C60H38N2. The average molecular weight is 787 g/mol. The smallest absolute Gasteiger partial charge is 0.160 e. The maximum absolute atomic E-state index is 5.12. The van der Waals surface area contributed by atoms with Gasteiger partial charge in [-0.2, -0.15) is 0 Å². The molecule has 0 N–H and O–H groups in total. The highest BCUT2D eigenvalue weighted by atomic mass is 14.9. The second-order valence-electron chi connectivity index (χ2n) is 16.8. The van der Waals surface area contributed by atoms with E-state index in [4.69, 9.17) is 9.97 Å². The van der Waals surface area contributed by atoms with Crippen molar-refractivity contribution in [3.05, 3.63) is 275 Å². The number of nitrogens with zero attached hydrogens (tertiary/aromatic N) is 2. The molecule has 0 saturated carbocycles. The molecule has 0 aliphatic heterocycles. The molecule has 0 saturated heterocycles. The Kier molecular flexibility index (Phi) is 7.47. The molecule has 0 amide bonds. The van der Waals surface area contributed by atoms with Crippen molar-refractivity contribution >= 4 is 0 Å². The quantitative estimate of drug-likeness (QED) is 0.178. The molecule has 2 heteroatoms. The van der Waals surface area contributed by atoms with Gasteiger partial charge in [0, 0.05) is 16.7 Å². The van der Waals surface area contributed by atoms with Gasteiger partial charge in [-0.15, -0.1) is 0 Å². The number of benzene rings is 9. The molecule has 1 heterocycles. The monoisotopic (exact) mass is 786 g/mol. The van der Waals surface area contributed by atoms with E-state index in [1.165, 1.54) is 72.3 Å². The lowest BCUT2D eigenvalue weighted by atomic mass is 9.52. The fourth-order valence-electron chi connectivity index (χ4n) is 11.3. The Morgan fingerprint density at radius 3 is 1.02 bits per heavy atom. The summed E-state index contributed by atoms with van der Waals surface area (Å²) in [5, 5.41) is 0. The summed E-state index contributed by atoms with van der Waals surface area (Å²) in [5.41, 5.74) is 22.2. The maximum atomic E-state index is 5.12. The SMILES string of the molecule is c1ccc(-c2cc(-c3ccccc3)nc(-c3ccc(-c4ccc5c(c4)C4(c6ccccc6-5)c5ccccc5C5(c6ccccc6-c6ccccc65)c5ccccc54)cc3)n2)cc1. The standard InChI is InChI=1S/C60H38N2/c1-3-17-40(18-4-1)56-38-57(41-19-5-2-6-20-41)62-58(61-56)42-33-31-39(32-34-42)43-35-36-47-46-23-9-12-26-50(46)60(55(47)37-43)53-29-15-13-27-51(53)59(52-28-14-16-30-54(52)60)48-24-10-7-21-44(48)45-22-8-11-25-49(45)59/h1-38H. The highest BCUT2D eigenvalue weighted by molar-refractivity contribution is 5.94. The number of rotatable bonds is 4. The van der Waals surface area contributed by atoms with E-state index in [9.17, 15) is 0 Å². The lowest BCUT2D eigenvalue weighted by Crippen LogP contribution is -2.43. The van der Waals surface area contributed by atoms with Crippen LogP contribution in [-0.2, 0) is 10.8 Å². The van der Waals surface area contributed by atoms with Gasteiger partial charge in [0.25, 0.3) is 0 Å². The van der Waals surface area contributed by atoms with E-state index in [1.807, 2.05) is 12.1 Å². The minimum absolute atomic E-state index is 0.461. The number of hydrogen-bond acceptors (Lipinski definition) is 2. The molecule has 0 atom stereocenters. The average Bonchev–Trinajstić information content (AvgIpc) is 3.82. The number of fused-ring (bicyclic) bond motifs is 16. The summed E-state index contributed by atoms with van der Waals surface area (Å²) in [6, 6.07) is 84.7. The van der Waals surface area contributed by atoms with Crippen molar-refractivity contribution in [2.75, 3.05) is 0 Å². The van der Waals surface area contributed by atoms with Gasteiger partial charge in [0.15, 0.2) is 5.82 Å². The molecule has 288 valence electrons. The molecule has 1 aromatic heterocycles. The van der Waals surface area contributed by atoms with Gasteiger partial charge in [-0.1, -0.05) is 218 Å². The van der Waals surface area contributed by atoms with Crippen LogP contribution in [0, 0.1) is 0 Å². The Hall–Kier alpha value is -7.94. The van der Waals surface area contributed by atoms with Crippen LogP contribution in [0.15, 0.2) is 231 Å². The van der Waals surface area contributed by atoms with Gasteiger partial charge >= 0.3 is 0 Å². The summed E-state index contributed by atoms with van der Waals surface area (Å²) in [7, 11) is 0. The molecule has 0 bridgehead atoms. The summed E-state index contributed by atoms with van der Waals surface area (Å²) in [5.74, 6) is 0.708. The van der Waals surface area contributed by atoms with E-state index in [2.05, 4.69) is 218 Å². The van der Waals surface area contributed by atoms with Crippen LogP contribution in [0.1, 0.15) is 44.5 Å². The molecule has 9 aromatic carbocycles. The van der Waals surface area contributed by atoms with Crippen molar-refractivity contribution in [1.29, 1.82) is 0 Å². The van der Waals surface area contributed by atoms with Gasteiger partial charge in [0.1, 0.15) is 0 Å². The number of hydrogen-bond donors (Lipinski definition) is 0. The maximum Gasteiger partial charge on any atom is 0.160 e. The molecule has 62 heavy (non-hydrogen) atoms. The van der Waals surface area contributed by atoms with Crippen LogP contribution >= 0.6 is 0 Å². The zero-order valence-corrected chi connectivity index (χ0v) is 33.8. The lowest BCUT2D eigenvalue weighted by molar-refractivity contribution is 0.633. The van der Waals surface area contributed by atoms with Crippen molar-refractivity contribution < 1.29 is 0 Å². The summed E-state index contributed by atoms with van der Waals surface area (Å²) >= 11 is 0. The van der Waals surface area contributed by atoms with Crippen molar-refractivity contribution in [3.8, 4) is 67.3 Å². The Morgan fingerprint density at radius 2 is 0.565 bits per heavy atom. The van der Waals surface area contributed by atoms with Gasteiger partial charge in [0.05, 0.1) is 22.2 Å². The van der Waals surface area contributed by atoms with Crippen molar-refractivity contribution in [2.45, 2.75) is 10.8 Å². The second kappa shape index (κ2) is 13.3.